The average Bonchev–Trinajstić information content (AvgIpc) is 2.84. The van der Waals surface area contributed by atoms with Crippen LogP contribution in [-0.4, -0.2) is 25.8 Å². The van der Waals surface area contributed by atoms with E-state index in [1.54, 1.807) is 0 Å². The van der Waals surface area contributed by atoms with E-state index in [9.17, 15) is 0 Å². The van der Waals surface area contributed by atoms with Gasteiger partial charge in [0.05, 0.1) is 13.2 Å². The smallest absolute Gasteiger partial charge is 0.155 e. The van der Waals surface area contributed by atoms with Crippen LogP contribution < -0.4 is 4.90 Å². The second-order valence-corrected chi connectivity index (χ2v) is 7.67. The highest BCUT2D eigenvalue weighted by atomic mass is 16.7. The fourth-order valence-electron chi connectivity index (χ4n) is 3.50. The molecule has 0 aliphatic carbocycles. The largest absolute Gasteiger partial charge is 0.353 e. The zero-order valence-corrected chi connectivity index (χ0v) is 20.1. The summed E-state index contributed by atoms with van der Waals surface area (Å²) in [5.41, 5.74) is 5.47. The Labute approximate surface area is 197 Å². The van der Waals surface area contributed by atoms with Gasteiger partial charge in [0.25, 0.3) is 0 Å². The van der Waals surface area contributed by atoms with Crippen molar-refractivity contribution in [3.63, 3.8) is 0 Å². The molecule has 0 aliphatic heterocycles. The minimum absolute atomic E-state index is 0.213. The van der Waals surface area contributed by atoms with E-state index in [1.807, 2.05) is 33.8 Å². The van der Waals surface area contributed by atoms with Crippen LogP contribution in [0.1, 0.15) is 38.8 Å². The Balaban J connectivity index is 1.76. The standard InChI is InChI=1S/C28H35NO4/c1-5-30-22(3)32-20-24-12-16-27(17-13-24)29(26-10-8-7-9-11-26)28-18-14-25(15-19-28)21-33-23(4)31-6-2/h7-19,22-23H,5-6,20-21H2,1-4H3. The third kappa shape index (κ3) is 7.69. The van der Waals surface area contributed by atoms with E-state index < -0.39 is 0 Å². The molecule has 0 amide bonds. The SMILES string of the molecule is CCOC(C)OCc1ccc(N(c2ccccc2)c2ccc(COC(C)OCC)cc2)cc1. The summed E-state index contributed by atoms with van der Waals surface area (Å²) in [6.07, 6.45) is -0.427. The number of ether oxygens (including phenoxy) is 4. The van der Waals surface area contributed by atoms with Crippen molar-refractivity contribution in [2.24, 2.45) is 0 Å². The summed E-state index contributed by atoms with van der Waals surface area (Å²) in [6, 6.07) is 27.2. The van der Waals surface area contributed by atoms with E-state index in [0.717, 1.165) is 28.2 Å². The topological polar surface area (TPSA) is 40.2 Å². The fourth-order valence-corrected chi connectivity index (χ4v) is 3.50. The molecule has 0 aromatic heterocycles. The van der Waals surface area contributed by atoms with Gasteiger partial charge in [0.2, 0.25) is 0 Å². The van der Waals surface area contributed by atoms with Crippen molar-refractivity contribution in [3.05, 3.63) is 90.0 Å². The summed E-state index contributed by atoms with van der Waals surface area (Å²) in [6.45, 7) is 10.1. The van der Waals surface area contributed by atoms with Gasteiger partial charge < -0.3 is 23.8 Å². The van der Waals surface area contributed by atoms with Crippen LogP contribution in [0.3, 0.4) is 0 Å². The van der Waals surface area contributed by atoms with Crippen LogP contribution in [0, 0.1) is 0 Å². The molecule has 0 bridgehead atoms. The summed E-state index contributed by atoms with van der Waals surface area (Å²) in [5, 5.41) is 0. The number of rotatable bonds is 13. The minimum Gasteiger partial charge on any atom is -0.353 e. The maximum absolute atomic E-state index is 5.75. The number of para-hydroxylation sites is 1. The lowest BCUT2D eigenvalue weighted by Crippen LogP contribution is -2.13. The number of hydrogen-bond donors (Lipinski definition) is 0. The summed E-state index contributed by atoms with van der Waals surface area (Å²) >= 11 is 0. The highest BCUT2D eigenvalue weighted by Gasteiger charge is 2.13. The lowest BCUT2D eigenvalue weighted by Gasteiger charge is -2.26. The summed E-state index contributed by atoms with van der Waals surface area (Å²) < 4.78 is 22.4. The van der Waals surface area contributed by atoms with Crippen LogP contribution in [0.5, 0.6) is 0 Å². The molecule has 3 aromatic rings. The molecular weight excluding hydrogens is 414 g/mol. The number of benzene rings is 3. The molecule has 0 saturated heterocycles. The second kappa shape index (κ2) is 13.1. The Morgan fingerprint density at radius 3 is 1.33 bits per heavy atom. The van der Waals surface area contributed by atoms with Gasteiger partial charge in [-0.25, -0.2) is 0 Å². The summed E-state index contributed by atoms with van der Waals surface area (Å²) in [4.78, 5) is 2.24. The van der Waals surface area contributed by atoms with Crippen LogP contribution in [0.15, 0.2) is 78.9 Å². The van der Waals surface area contributed by atoms with E-state index in [2.05, 4.69) is 77.7 Å². The first-order chi connectivity index (χ1) is 16.1. The maximum Gasteiger partial charge on any atom is 0.155 e. The normalized spacial score (nSPS) is 13.0. The van der Waals surface area contributed by atoms with Crippen LogP contribution in [0.25, 0.3) is 0 Å². The van der Waals surface area contributed by atoms with Crippen molar-refractivity contribution in [1.82, 2.24) is 0 Å². The molecule has 0 N–H and O–H groups in total. The van der Waals surface area contributed by atoms with Gasteiger partial charge in [-0.1, -0.05) is 42.5 Å². The van der Waals surface area contributed by atoms with Gasteiger partial charge in [-0.3, -0.25) is 0 Å². The van der Waals surface area contributed by atoms with E-state index in [1.165, 1.54) is 0 Å². The first kappa shape index (κ1) is 24.9. The van der Waals surface area contributed by atoms with Crippen molar-refractivity contribution >= 4 is 17.1 Å². The Hall–Kier alpha value is -2.70. The highest BCUT2D eigenvalue weighted by Crippen LogP contribution is 2.34. The lowest BCUT2D eigenvalue weighted by atomic mass is 10.1. The number of hydrogen-bond acceptors (Lipinski definition) is 5. The third-order valence-corrected chi connectivity index (χ3v) is 5.18. The Morgan fingerprint density at radius 2 is 0.939 bits per heavy atom. The predicted octanol–water partition coefficient (Wildman–Crippen LogP) is 6.95. The van der Waals surface area contributed by atoms with Crippen LogP contribution in [0.2, 0.25) is 0 Å². The molecule has 2 unspecified atom stereocenters. The summed E-state index contributed by atoms with van der Waals surface area (Å²) in [5.74, 6) is 0. The molecular formula is C28H35NO4. The Morgan fingerprint density at radius 1 is 0.545 bits per heavy atom. The van der Waals surface area contributed by atoms with Crippen molar-refractivity contribution in [3.8, 4) is 0 Å². The Bertz CT molecular complexity index is 869. The van der Waals surface area contributed by atoms with Gasteiger partial charge in [0, 0.05) is 30.3 Å². The number of anilines is 3. The van der Waals surface area contributed by atoms with E-state index in [4.69, 9.17) is 18.9 Å². The molecule has 33 heavy (non-hydrogen) atoms. The van der Waals surface area contributed by atoms with Gasteiger partial charge >= 0.3 is 0 Å². The molecule has 5 nitrogen and oxygen atoms in total. The van der Waals surface area contributed by atoms with E-state index in [-0.39, 0.29) is 12.6 Å². The average molecular weight is 450 g/mol. The molecule has 3 aromatic carbocycles. The number of nitrogens with zero attached hydrogens (tertiary/aromatic N) is 1. The zero-order valence-electron chi connectivity index (χ0n) is 20.1. The quantitative estimate of drug-likeness (QED) is 0.264. The third-order valence-electron chi connectivity index (χ3n) is 5.18. The van der Waals surface area contributed by atoms with Gasteiger partial charge in [-0.15, -0.1) is 0 Å². The van der Waals surface area contributed by atoms with Crippen molar-refractivity contribution in [1.29, 1.82) is 0 Å². The molecule has 0 spiro atoms. The van der Waals surface area contributed by atoms with Crippen LogP contribution >= 0.6 is 0 Å². The van der Waals surface area contributed by atoms with E-state index >= 15 is 0 Å². The van der Waals surface area contributed by atoms with E-state index in [0.29, 0.717) is 26.4 Å². The van der Waals surface area contributed by atoms with Crippen LogP contribution in [-0.2, 0) is 32.2 Å². The molecule has 0 radical (unpaired) electrons. The van der Waals surface area contributed by atoms with Gasteiger partial charge in [0.15, 0.2) is 12.6 Å². The fraction of sp³-hybridized carbons (Fsp3) is 0.357. The first-order valence-corrected chi connectivity index (χ1v) is 11.6. The summed E-state index contributed by atoms with van der Waals surface area (Å²) in [7, 11) is 0. The molecule has 176 valence electrons. The molecule has 0 aliphatic rings. The van der Waals surface area contributed by atoms with Crippen molar-refractivity contribution in [2.45, 2.75) is 53.5 Å². The first-order valence-electron chi connectivity index (χ1n) is 11.6. The molecule has 0 saturated carbocycles. The highest BCUT2D eigenvalue weighted by molar-refractivity contribution is 5.76. The van der Waals surface area contributed by atoms with Crippen molar-refractivity contribution < 1.29 is 18.9 Å². The van der Waals surface area contributed by atoms with Crippen molar-refractivity contribution in [2.75, 3.05) is 18.1 Å². The maximum atomic E-state index is 5.75. The van der Waals surface area contributed by atoms with Gasteiger partial charge in [-0.2, -0.15) is 0 Å². The zero-order chi connectivity index (χ0) is 23.5. The van der Waals surface area contributed by atoms with Gasteiger partial charge in [0.1, 0.15) is 0 Å². The second-order valence-electron chi connectivity index (χ2n) is 7.67. The molecule has 0 fully saturated rings. The Kier molecular flexibility index (Phi) is 9.91. The molecule has 5 heteroatoms. The molecule has 0 heterocycles. The van der Waals surface area contributed by atoms with Crippen LogP contribution in [0.4, 0.5) is 17.1 Å². The molecule has 3 rings (SSSR count). The minimum atomic E-state index is -0.213. The lowest BCUT2D eigenvalue weighted by molar-refractivity contribution is -0.134. The van der Waals surface area contributed by atoms with Gasteiger partial charge in [-0.05, 0) is 75.2 Å². The predicted molar refractivity (Wildman–Crippen MR) is 133 cm³/mol. The monoisotopic (exact) mass is 449 g/mol. The molecule has 2 atom stereocenters.